The zero-order valence-corrected chi connectivity index (χ0v) is 12.9. The molecule has 1 aromatic carbocycles. The minimum atomic E-state index is 0.444. The van der Waals surface area contributed by atoms with E-state index < -0.39 is 0 Å². The molecule has 0 aromatic heterocycles. The molecule has 0 bridgehead atoms. The lowest BCUT2D eigenvalue weighted by Crippen LogP contribution is -1.95. The second-order valence-corrected chi connectivity index (χ2v) is 5.47. The summed E-state index contributed by atoms with van der Waals surface area (Å²) in [7, 11) is 0. The fourth-order valence-corrected chi connectivity index (χ4v) is 2.37. The quantitative estimate of drug-likeness (QED) is 0.539. The molecule has 2 heteroatoms. The summed E-state index contributed by atoms with van der Waals surface area (Å²) in [5.41, 5.74) is 1.08. The van der Waals surface area contributed by atoms with Gasteiger partial charge in [0.15, 0.2) is 0 Å². The Hall–Kier alpha value is -1.02. The normalized spacial score (nSPS) is 10.8. The van der Waals surface area contributed by atoms with Gasteiger partial charge in [-0.15, -0.1) is 0 Å². The highest BCUT2D eigenvalue weighted by Crippen LogP contribution is 2.18. The predicted molar refractivity (Wildman–Crippen MR) is 85.2 cm³/mol. The molecule has 0 unspecified atom stereocenters. The summed E-state index contributed by atoms with van der Waals surface area (Å²) in [6.45, 7) is 3.99. The Balaban J connectivity index is 1.87. The Morgan fingerprint density at radius 1 is 0.850 bits per heavy atom. The first-order valence-electron chi connectivity index (χ1n) is 8.19. The SMILES string of the molecule is CCCOCCCCCCCCCc1ccccc1O. The first kappa shape index (κ1) is 17.0. The Morgan fingerprint density at radius 3 is 2.20 bits per heavy atom. The van der Waals surface area contributed by atoms with Crippen molar-refractivity contribution < 1.29 is 9.84 Å². The van der Waals surface area contributed by atoms with Crippen molar-refractivity contribution in [3.05, 3.63) is 29.8 Å². The van der Waals surface area contributed by atoms with Gasteiger partial charge in [0.1, 0.15) is 5.75 Å². The summed E-state index contributed by atoms with van der Waals surface area (Å²) in [4.78, 5) is 0. The molecule has 0 aliphatic heterocycles. The lowest BCUT2D eigenvalue weighted by atomic mass is 10.0. The number of hydrogen-bond acceptors (Lipinski definition) is 2. The van der Waals surface area contributed by atoms with Gasteiger partial charge in [-0.05, 0) is 37.3 Å². The van der Waals surface area contributed by atoms with Gasteiger partial charge in [-0.1, -0.05) is 57.2 Å². The largest absolute Gasteiger partial charge is 0.508 e. The van der Waals surface area contributed by atoms with E-state index in [1.165, 1.54) is 44.9 Å². The number of phenols is 1. The van der Waals surface area contributed by atoms with Crippen LogP contribution in [-0.2, 0) is 11.2 Å². The van der Waals surface area contributed by atoms with E-state index in [0.29, 0.717) is 5.75 Å². The van der Waals surface area contributed by atoms with Crippen LogP contribution in [0.15, 0.2) is 24.3 Å². The van der Waals surface area contributed by atoms with Gasteiger partial charge in [0.25, 0.3) is 0 Å². The number of phenolic OH excluding ortho intramolecular Hbond substituents is 1. The van der Waals surface area contributed by atoms with E-state index in [0.717, 1.165) is 31.6 Å². The van der Waals surface area contributed by atoms with Crippen LogP contribution in [0.4, 0.5) is 0 Å². The minimum Gasteiger partial charge on any atom is -0.508 e. The predicted octanol–water partition coefficient (Wildman–Crippen LogP) is 5.09. The molecular weight excluding hydrogens is 248 g/mol. The van der Waals surface area contributed by atoms with E-state index in [9.17, 15) is 5.11 Å². The molecule has 2 nitrogen and oxygen atoms in total. The van der Waals surface area contributed by atoms with Crippen LogP contribution in [0.3, 0.4) is 0 Å². The third-order valence-corrected chi connectivity index (χ3v) is 3.57. The number of para-hydroxylation sites is 1. The Bertz CT molecular complexity index is 336. The molecule has 0 saturated carbocycles. The van der Waals surface area contributed by atoms with E-state index in [4.69, 9.17) is 4.74 Å². The molecule has 0 atom stereocenters. The highest BCUT2D eigenvalue weighted by Gasteiger charge is 1.99. The molecule has 114 valence electrons. The van der Waals surface area contributed by atoms with Crippen LogP contribution in [0.1, 0.15) is 63.9 Å². The average Bonchev–Trinajstić information content (AvgIpc) is 2.46. The van der Waals surface area contributed by atoms with Gasteiger partial charge in [-0.2, -0.15) is 0 Å². The van der Waals surface area contributed by atoms with Crippen molar-refractivity contribution in [2.24, 2.45) is 0 Å². The number of benzene rings is 1. The summed E-state index contributed by atoms with van der Waals surface area (Å²) in [5, 5.41) is 9.66. The van der Waals surface area contributed by atoms with Gasteiger partial charge >= 0.3 is 0 Å². The second kappa shape index (κ2) is 11.8. The van der Waals surface area contributed by atoms with Gasteiger partial charge in [-0.3, -0.25) is 0 Å². The molecule has 0 aliphatic rings. The number of aromatic hydroxyl groups is 1. The van der Waals surface area contributed by atoms with Crippen molar-refractivity contribution in [2.45, 2.75) is 64.7 Å². The van der Waals surface area contributed by atoms with Gasteiger partial charge in [0.2, 0.25) is 0 Å². The van der Waals surface area contributed by atoms with Crippen molar-refractivity contribution in [1.82, 2.24) is 0 Å². The number of aryl methyl sites for hydroxylation is 1. The molecule has 20 heavy (non-hydrogen) atoms. The highest BCUT2D eigenvalue weighted by molar-refractivity contribution is 5.31. The summed E-state index contributed by atoms with van der Waals surface area (Å²) >= 11 is 0. The molecule has 0 spiro atoms. The van der Waals surface area contributed by atoms with Gasteiger partial charge in [0, 0.05) is 13.2 Å². The maximum atomic E-state index is 9.66. The van der Waals surface area contributed by atoms with Crippen LogP contribution in [0.2, 0.25) is 0 Å². The minimum absolute atomic E-state index is 0.444. The van der Waals surface area contributed by atoms with E-state index in [2.05, 4.69) is 6.92 Å². The number of hydrogen-bond donors (Lipinski definition) is 1. The van der Waals surface area contributed by atoms with Crippen LogP contribution in [0.25, 0.3) is 0 Å². The summed E-state index contributed by atoms with van der Waals surface area (Å²) < 4.78 is 5.46. The maximum absolute atomic E-state index is 9.66. The molecule has 0 saturated heterocycles. The van der Waals surface area contributed by atoms with E-state index in [1.54, 1.807) is 6.07 Å². The van der Waals surface area contributed by atoms with Crippen molar-refractivity contribution in [3.8, 4) is 5.75 Å². The first-order valence-corrected chi connectivity index (χ1v) is 8.19. The fourth-order valence-electron chi connectivity index (χ4n) is 2.37. The van der Waals surface area contributed by atoms with Crippen molar-refractivity contribution >= 4 is 0 Å². The van der Waals surface area contributed by atoms with Gasteiger partial charge < -0.3 is 9.84 Å². The third kappa shape index (κ3) is 8.21. The molecule has 1 N–H and O–H groups in total. The number of ether oxygens (including phenoxy) is 1. The maximum Gasteiger partial charge on any atom is 0.118 e. The molecule has 0 radical (unpaired) electrons. The highest BCUT2D eigenvalue weighted by atomic mass is 16.5. The Labute approximate surface area is 124 Å². The van der Waals surface area contributed by atoms with E-state index in [1.807, 2.05) is 18.2 Å². The van der Waals surface area contributed by atoms with Crippen LogP contribution in [0, 0.1) is 0 Å². The van der Waals surface area contributed by atoms with E-state index >= 15 is 0 Å². The average molecular weight is 278 g/mol. The van der Waals surface area contributed by atoms with E-state index in [-0.39, 0.29) is 0 Å². The molecule has 0 fully saturated rings. The topological polar surface area (TPSA) is 29.5 Å². The van der Waals surface area contributed by atoms with Crippen LogP contribution >= 0.6 is 0 Å². The lowest BCUT2D eigenvalue weighted by molar-refractivity contribution is 0.130. The zero-order chi connectivity index (χ0) is 14.5. The molecule has 0 amide bonds. The van der Waals surface area contributed by atoms with Crippen LogP contribution < -0.4 is 0 Å². The van der Waals surface area contributed by atoms with Crippen molar-refractivity contribution in [1.29, 1.82) is 0 Å². The zero-order valence-electron chi connectivity index (χ0n) is 12.9. The Kier molecular flexibility index (Phi) is 10.0. The lowest BCUT2D eigenvalue weighted by Gasteiger charge is -2.05. The van der Waals surface area contributed by atoms with Crippen molar-refractivity contribution in [2.75, 3.05) is 13.2 Å². The second-order valence-electron chi connectivity index (χ2n) is 5.47. The summed E-state index contributed by atoms with van der Waals surface area (Å²) in [6.07, 6.45) is 11.0. The molecule has 0 heterocycles. The monoisotopic (exact) mass is 278 g/mol. The molecule has 1 rings (SSSR count). The summed E-state index contributed by atoms with van der Waals surface area (Å²) in [5.74, 6) is 0.444. The van der Waals surface area contributed by atoms with Crippen molar-refractivity contribution in [3.63, 3.8) is 0 Å². The standard InChI is InChI=1S/C18H30O2/c1-2-15-20-16-11-7-5-3-4-6-8-12-17-13-9-10-14-18(17)19/h9-10,13-14,19H,2-8,11-12,15-16H2,1H3. The first-order chi connectivity index (χ1) is 9.84. The number of rotatable bonds is 12. The summed E-state index contributed by atoms with van der Waals surface area (Å²) in [6, 6.07) is 7.67. The van der Waals surface area contributed by atoms with Crippen LogP contribution in [-0.4, -0.2) is 18.3 Å². The third-order valence-electron chi connectivity index (χ3n) is 3.57. The fraction of sp³-hybridized carbons (Fsp3) is 0.667. The molecular formula is C18H30O2. The van der Waals surface area contributed by atoms with Gasteiger partial charge in [0.05, 0.1) is 0 Å². The Morgan fingerprint density at radius 2 is 1.50 bits per heavy atom. The van der Waals surface area contributed by atoms with Crippen LogP contribution in [0.5, 0.6) is 5.75 Å². The number of unbranched alkanes of at least 4 members (excludes halogenated alkanes) is 6. The molecule has 1 aromatic rings. The molecule has 0 aliphatic carbocycles. The van der Waals surface area contributed by atoms with Gasteiger partial charge in [-0.25, -0.2) is 0 Å². The smallest absolute Gasteiger partial charge is 0.118 e.